The lowest BCUT2D eigenvalue weighted by molar-refractivity contribution is 0.0734. The Labute approximate surface area is 129 Å². The first-order chi connectivity index (χ1) is 10.8. The second-order valence-corrected chi connectivity index (χ2v) is 4.86. The largest absolute Gasteiger partial charge is 0.494 e. The van der Waals surface area contributed by atoms with Crippen LogP contribution in [0.5, 0.6) is 11.5 Å². The number of ether oxygens (including phenoxy) is 2. The third-order valence-corrected chi connectivity index (χ3v) is 3.31. The van der Waals surface area contributed by atoms with Crippen molar-refractivity contribution in [3.05, 3.63) is 72.3 Å². The van der Waals surface area contributed by atoms with Gasteiger partial charge in [0.15, 0.2) is 0 Å². The summed E-state index contributed by atoms with van der Waals surface area (Å²) < 4.78 is 10.8. The van der Waals surface area contributed by atoms with Crippen LogP contribution in [0.4, 0.5) is 0 Å². The summed E-state index contributed by atoms with van der Waals surface area (Å²) in [5.41, 5.74) is 0.471. The molecule has 0 saturated heterocycles. The standard InChI is InChI=1S/C19H16O3/c1-2-21-17-9-5-8-16(13-17)19(20)22-18-11-10-14-6-3-4-7-15(14)12-18/h3-13H,2H2,1H3. The molecule has 0 spiro atoms. The van der Waals surface area contributed by atoms with E-state index in [1.807, 2.05) is 49.4 Å². The molecular weight excluding hydrogens is 276 g/mol. The molecule has 0 heterocycles. The zero-order chi connectivity index (χ0) is 15.4. The van der Waals surface area contributed by atoms with Gasteiger partial charge in [0.05, 0.1) is 12.2 Å². The van der Waals surface area contributed by atoms with Gasteiger partial charge in [0.1, 0.15) is 11.5 Å². The van der Waals surface area contributed by atoms with Crippen molar-refractivity contribution in [1.29, 1.82) is 0 Å². The van der Waals surface area contributed by atoms with Crippen molar-refractivity contribution in [1.82, 2.24) is 0 Å². The predicted molar refractivity (Wildman–Crippen MR) is 86.5 cm³/mol. The second-order valence-electron chi connectivity index (χ2n) is 4.86. The molecule has 3 aromatic carbocycles. The fraction of sp³-hybridized carbons (Fsp3) is 0.105. The first kappa shape index (κ1) is 14.1. The average molecular weight is 292 g/mol. The van der Waals surface area contributed by atoms with E-state index >= 15 is 0 Å². The van der Waals surface area contributed by atoms with Crippen molar-refractivity contribution in [3.63, 3.8) is 0 Å². The highest BCUT2D eigenvalue weighted by Gasteiger charge is 2.10. The fourth-order valence-corrected chi connectivity index (χ4v) is 2.28. The predicted octanol–water partition coefficient (Wildman–Crippen LogP) is 4.46. The Bertz CT molecular complexity index is 808. The van der Waals surface area contributed by atoms with Gasteiger partial charge in [-0.25, -0.2) is 4.79 Å². The maximum absolute atomic E-state index is 12.2. The van der Waals surface area contributed by atoms with Crippen LogP contribution >= 0.6 is 0 Å². The summed E-state index contributed by atoms with van der Waals surface area (Å²) >= 11 is 0. The summed E-state index contributed by atoms with van der Waals surface area (Å²) in [6, 6.07) is 20.5. The number of benzene rings is 3. The Balaban J connectivity index is 1.81. The van der Waals surface area contributed by atoms with E-state index < -0.39 is 5.97 Å². The maximum Gasteiger partial charge on any atom is 0.343 e. The Kier molecular flexibility index (Phi) is 4.05. The molecule has 0 radical (unpaired) electrons. The highest BCUT2D eigenvalue weighted by atomic mass is 16.5. The molecule has 0 aliphatic heterocycles. The second kappa shape index (κ2) is 6.31. The summed E-state index contributed by atoms with van der Waals surface area (Å²) in [6.07, 6.45) is 0. The van der Waals surface area contributed by atoms with Gasteiger partial charge in [0.25, 0.3) is 0 Å². The minimum absolute atomic E-state index is 0.392. The molecule has 3 nitrogen and oxygen atoms in total. The van der Waals surface area contributed by atoms with Gasteiger partial charge in [0, 0.05) is 0 Å². The number of esters is 1. The SMILES string of the molecule is CCOc1cccc(C(=O)Oc2ccc3ccccc3c2)c1. The quantitative estimate of drug-likeness (QED) is 0.526. The van der Waals surface area contributed by atoms with E-state index in [0.717, 1.165) is 10.8 Å². The molecule has 3 heteroatoms. The van der Waals surface area contributed by atoms with Crippen molar-refractivity contribution >= 4 is 16.7 Å². The number of hydrogen-bond acceptors (Lipinski definition) is 3. The zero-order valence-corrected chi connectivity index (χ0v) is 12.3. The highest BCUT2D eigenvalue weighted by Crippen LogP contribution is 2.22. The summed E-state index contributed by atoms with van der Waals surface area (Å²) in [5, 5.41) is 2.15. The fourth-order valence-electron chi connectivity index (χ4n) is 2.28. The molecule has 0 aromatic heterocycles. The number of fused-ring (bicyclic) bond motifs is 1. The molecule has 0 atom stereocenters. The Hall–Kier alpha value is -2.81. The van der Waals surface area contributed by atoms with Crippen LogP contribution in [-0.4, -0.2) is 12.6 Å². The molecule has 0 aliphatic rings. The average Bonchev–Trinajstić information content (AvgIpc) is 2.55. The van der Waals surface area contributed by atoms with Gasteiger partial charge in [-0.05, 0) is 48.0 Å². The van der Waals surface area contributed by atoms with E-state index in [2.05, 4.69) is 0 Å². The third-order valence-electron chi connectivity index (χ3n) is 3.31. The van der Waals surface area contributed by atoms with Crippen LogP contribution in [0.1, 0.15) is 17.3 Å². The Morgan fingerprint density at radius 1 is 0.864 bits per heavy atom. The lowest BCUT2D eigenvalue weighted by atomic mass is 10.1. The lowest BCUT2D eigenvalue weighted by Gasteiger charge is -2.07. The highest BCUT2D eigenvalue weighted by molar-refractivity contribution is 5.92. The molecule has 0 fully saturated rings. The molecule has 0 amide bonds. The molecule has 0 bridgehead atoms. The number of carbonyl (C=O) groups is 1. The van der Waals surface area contributed by atoms with Gasteiger partial charge >= 0.3 is 5.97 Å². The van der Waals surface area contributed by atoms with Gasteiger partial charge in [-0.2, -0.15) is 0 Å². The van der Waals surface area contributed by atoms with Crippen LogP contribution in [0.3, 0.4) is 0 Å². The van der Waals surface area contributed by atoms with Crippen molar-refractivity contribution < 1.29 is 14.3 Å². The minimum Gasteiger partial charge on any atom is -0.494 e. The molecule has 3 aromatic rings. The number of hydrogen-bond donors (Lipinski definition) is 0. The van der Waals surface area contributed by atoms with E-state index in [4.69, 9.17) is 9.47 Å². The van der Waals surface area contributed by atoms with Crippen LogP contribution in [0.25, 0.3) is 10.8 Å². The van der Waals surface area contributed by atoms with E-state index in [0.29, 0.717) is 23.7 Å². The van der Waals surface area contributed by atoms with Gasteiger partial charge in [-0.1, -0.05) is 36.4 Å². The smallest absolute Gasteiger partial charge is 0.343 e. The minimum atomic E-state index is -0.392. The van der Waals surface area contributed by atoms with E-state index in [9.17, 15) is 4.79 Å². The first-order valence-electron chi connectivity index (χ1n) is 7.20. The van der Waals surface area contributed by atoms with Crippen molar-refractivity contribution in [2.45, 2.75) is 6.92 Å². The molecular formula is C19H16O3. The van der Waals surface area contributed by atoms with Crippen LogP contribution < -0.4 is 9.47 Å². The molecule has 22 heavy (non-hydrogen) atoms. The van der Waals surface area contributed by atoms with Crippen LogP contribution in [-0.2, 0) is 0 Å². The topological polar surface area (TPSA) is 35.5 Å². The molecule has 0 N–H and O–H groups in total. The van der Waals surface area contributed by atoms with Gasteiger partial charge in [-0.15, -0.1) is 0 Å². The lowest BCUT2D eigenvalue weighted by Crippen LogP contribution is -2.08. The Morgan fingerprint density at radius 2 is 1.68 bits per heavy atom. The molecule has 3 rings (SSSR count). The van der Waals surface area contributed by atoms with Crippen LogP contribution in [0, 0.1) is 0 Å². The van der Waals surface area contributed by atoms with Crippen molar-refractivity contribution in [3.8, 4) is 11.5 Å². The third kappa shape index (κ3) is 3.09. The summed E-state index contributed by atoms with van der Waals surface area (Å²) in [5.74, 6) is 0.804. The summed E-state index contributed by atoms with van der Waals surface area (Å²) in [4.78, 5) is 12.2. The number of carbonyl (C=O) groups excluding carboxylic acids is 1. The zero-order valence-electron chi connectivity index (χ0n) is 12.3. The van der Waals surface area contributed by atoms with E-state index in [1.54, 1.807) is 24.3 Å². The van der Waals surface area contributed by atoms with Crippen LogP contribution in [0.2, 0.25) is 0 Å². The normalized spacial score (nSPS) is 10.4. The van der Waals surface area contributed by atoms with Gasteiger partial charge < -0.3 is 9.47 Å². The molecule has 0 unspecified atom stereocenters. The van der Waals surface area contributed by atoms with Crippen molar-refractivity contribution in [2.75, 3.05) is 6.61 Å². The molecule has 110 valence electrons. The first-order valence-corrected chi connectivity index (χ1v) is 7.20. The molecule has 0 saturated carbocycles. The number of rotatable bonds is 4. The summed E-state index contributed by atoms with van der Waals surface area (Å²) in [7, 11) is 0. The monoisotopic (exact) mass is 292 g/mol. The van der Waals surface area contributed by atoms with Gasteiger partial charge in [-0.3, -0.25) is 0 Å². The van der Waals surface area contributed by atoms with Gasteiger partial charge in [0.2, 0.25) is 0 Å². The van der Waals surface area contributed by atoms with E-state index in [1.165, 1.54) is 0 Å². The Morgan fingerprint density at radius 3 is 2.50 bits per heavy atom. The van der Waals surface area contributed by atoms with Crippen LogP contribution in [0.15, 0.2) is 66.7 Å². The summed E-state index contributed by atoms with van der Waals surface area (Å²) in [6.45, 7) is 2.46. The van der Waals surface area contributed by atoms with E-state index in [-0.39, 0.29) is 0 Å². The maximum atomic E-state index is 12.2. The molecule has 0 aliphatic carbocycles. The van der Waals surface area contributed by atoms with Crippen molar-refractivity contribution in [2.24, 2.45) is 0 Å².